The molecule has 0 bridgehead atoms. The number of benzene rings is 1. The van der Waals surface area contributed by atoms with Crippen LogP contribution in [-0.2, 0) is 11.3 Å². The van der Waals surface area contributed by atoms with Crippen LogP contribution >= 0.6 is 0 Å². The molecule has 1 amide bonds. The number of hydrogen-bond donors (Lipinski definition) is 1. The number of piperidine rings is 1. The van der Waals surface area contributed by atoms with Crippen molar-refractivity contribution in [2.24, 2.45) is 0 Å². The fraction of sp³-hybridized carbons (Fsp3) is 0.632. The highest BCUT2D eigenvalue weighted by molar-refractivity contribution is 5.78. The maximum atomic E-state index is 12.7. The normalized spacial score (nSPS) is 18.0. The minimum absolute atomic E-state index is 0.175. The number of rotatable bonds is 8. The van der Waals surface area contributed by atoms with Gasteiger partial charge in [-0.05, 0) is 51.1 Å². The molecule has 0 spiro atoms. The molecule has 1 unspecified atom stereocenters. The van der Waals surface area contributed by atoms with Crippen molar-refractivity contribution < 1.29 is 14.3 Å². The van der Waals surface area contributed by atoms with Crippen LogP contribution in [0.5, 0.6) is 11.5 Å². The molecule has 1 atom stereocenters. The van der Waals surface area contributed by atoms with Crippen LogP contribution in [0, 0.1) is 0 Å². The number of nitrogens with zero attached hydrogens (tertiary/aromatic N) is 2. The molecular formula is C19H31N3O3. The van der Waals surface area contributed by atoms with Crippen molar-refractivity contribution in [1.29, 1.82) is 0 Å². The molecule has 1 N–H and O–H groups in total. The van der Waals surface area contributed by atoms with Gasteiger partial charge in [-0.3, -0.25) is 9.69 Å². The molecule has 1 fully saturated rings. The number of amides is 1. The van der Waals surface area contributed by atoms with E-state index >= 15 is 0 Å². The Kier molecular flexibility index (Phi) is 7.52. The Labute approximate surface area is 151 Å². The van der Waals surface area contributed by atoms with E-state index in [2.05, 4.69) is 10.2 Å². The number of hydrogen-bond acceptors (Lipinski definition) is 5. The van der Waals surface area contributed by atoms with Gasteiger partial charge in [0.15, 0.2) is 11.5 Å². The Morgan fingerprint density at radius 3 is 2.72 bits per heavy atom. The van der Waals surface area contributed by atoms with E-state index in [0.717, 1.165) is 25.1 Å². The second kappa shape index (κ2) is 9.63. The fourth-order valence-electron chi connectivity index (χ4n) is 3.30. The van der Waals surface area contributed by atoms with Crippen molar-refractivity contribution in [3.8, 4) is 11.5 Å². The lowest BCUT2D eigenvalue weighted by Gasteiger charge is -2.33. The van der Waals surface area contributed by atoms with Gasteiger partial charge in [-0.1, -0.05) is 6.07 Å². The number of carbonyl (C=O) groups is 1. The predicted molar refractivity (Wildman–Crippen MR) is 99.2 cm³/mol. The molecule has 1 aromatic carbocycles. The standard InChI is InChI=1S/C19H31N3O3/c1-5-22(12-15-8-9-17(24-3)18(11-15)25-4)19(23)14-21-10-6-7-16(13-21)20-2/h8-9,11,16,20H,5-7,10,12-14H2,1-4H3. The van der Waals surface area contributed by atoms with E-state index in [-0.39, 0.29) is 5.91 Å². The van der Waals surface area contributed by atoms with Crippen molar-refractivity contribution in [3.63, 3.8) is 0 Å². The highest BCUT2D eigenvalue weighted by Gasteiger charge is 2.22. The molecule has 2 rings (SSSR count). The van der Waals surface area contributed by atoms with Crippen LogP contribution in [0.3, 0.4) is 0 Å². The molecule has 0 aromatic heterocycles. The summed E-state index contributed by atoms with van der Waals surface area (Å²) in [6.45, 7) is 5.72. The van der Waals surface area contributed by atoms with Crippen LogP contribution in [0.15, 0.2) is 18.2 Å². The maximum Gasteiger partial charge on any atom is 0.237 e. The summed E-state index contributed by atoms with van der Waals surface area (Å²) in [7, 11) is 5.24. The van der Waals surface area contributed by atoms with Gasteiger partial charge >= 0.3 is 0 Å². The Morgan fingerprint density at radius 2 is 2.08 bits per heavy atom. The van der Waals surface area contributed by atoms with Gasteiger partial charge in [0, 0.05) is 25.7 Å². The lowest BCUT2D eigenvalue weighted by Crippen LogP contribution is -2.48. The lowest BCUT2D eigenvalue weighted by molar-refractivity contribution is -0.133. The van der Waals surface area contributed by atoms with Gasteiger partial charge in [-0.25, -0.2) is 0 Å². The first-order chi connectivity index (χ1) is 12.1. The molecule has 1 aliphatic heterocycles. The second-order valence-corrected chi connectivity index (χ2v) is 6.46. The first-order valence-electron chi connectivity index (χ1n) is 8.99. The molecule has 25 heavy (non-hydrogen) atoms. The first-order valence-corrected chi connectivity index (χ1v) is 8.99. The Hall–Kier alpha value is -1.79. The zero-order valence-electron chi connectivity index (χ0n) is 15.9. The van der Waals surface area contributed by atoms with Gasteiger partial charge in [0.2, 0.25) is 5.91 Å². The number of likely N-dealkylation sites (N-methyl/N-ethyl adjacent to an activating group) is 2. The highest BCUT2D eigenvalue weighted by Crippen LogP contribution is 2.28. The minimum Gasteiger partial charge on any atom is -0.493 e. The van der Waals surface area contributed by atoms with Gasteiger partial charge in [0.1, 0.15) is 0 Å². The van der Waals surface area contributed by atoms with E-state index < -0.39 is 0 Å². The van der Waals surface area contributed by atoms with Crippen molar-refractivity contribution in [1.82, 2.24) is 15.1 Å². The van der Waals surface area contributed by atoms with E-state index in [1.165, 1.54) is 6.42 Å². The molecule has 0 aliphatic carbocycles. The Bertz CT molecular complexity index is 565. The summed E-state index contributed by atoms with van der Waals surface area (Å²) < 4.78 is 10.6. The molecule has 1 saturated heterocycles. The van der Waals surface area contributed by atoms with Crippen molar-refractivity contribution >= 4 is 5.91 Å². The predicted octanol–water partition coefficient (Wildman–Crippen LogP) is 1.74. The van der Waals surface area contributed by atoms with Crippen LogP contribution in [0.1, 0.15) is 25.3 Å². The molecule has 0 saturated carbocycles. The Morgan fingerprint density at radius 1 is 1.32 bits per heavy atom. The number of nitrogens with one attached hydrogen (secondary N) is 1. The van der Waals surface area contributed by atoms with E-state index in [0.29, 0.717) is 37.2 Å². The van der Waals surface area contributed by atoms with Crippen LogP contribution in [0.4, 0.5) is 0 Å². The number of carbonyl (C=O) groups excluding carboxylic acids is 1. The third kappa shape index (κ3) is 5.34. The van der Waals surface area contributed by atoms with Crippen LogP contribution in [-0.4, -0.2) is 69.2 Å². The van der Waals surface area contributed by atoms with Crippen molar-refractivity contribution in [2.45, 2.75) is 32.4 Å². The number of ether oxygens (including phenoxy) is 2. The molecule has 6 heteroatoms. The molecular weight excluding hydrogens is 318 g/mol. The average Bonchev–Trinajstić information content (AvgIpc) is 2.65. The quantitative estimate of drug-likeness (QED) is 0.775. The van der Waals surface area contributed by atoms with Gasteiger partial charge in [-0.15, -0.1) is 0 Å². The summed E-state index contributed by atoms with van der Waals surface area (Å²) in [6, 6.07) is 6.29. The summed E-state index contributed by atoms with van der Waals surface area (Å²) in [6.07, 6.45) is 2.32. The van der Waals surface area contributed by atoms with Gasteiger partial charge in [-0.2, -0.15) is 0 Å². The average molecular weight is 349 g/mol. The summed E-state index contributed by atoms with van der Waals surface area (Å²) in [5.74, 6) is 1.57. The third-order valence-corrected chi connectivity index (χ3v) is 4.83. The molecule has 1 aliphatic rings. The third-order valence-electron chi connectivity index (χ3n) is 4.83. The van der Waals surface area contributed by atoms with Gasteiger partial charge in [0.05, 0.1) is 20.8 Å². The van der Waals surface area contributed by atoms with E-state index in [4.69, 9.17) is 9.47 Å². The topological polar surface area (TPSA) is 54.0 Å². The van der Waals surface area contributed by atoms with Crippen LogP contribution in [0.25, 0.3) is 0 Å². The second-order valence-electron chi connectivity index (χ2n) is 6.46. The maximum absolute atomic E-state index is 12.7. The van der Waals surface area contributed by atoms with Crippen LogP contribution < -0.4 is 14.8 Å². The largest absolute Gasteiger partial charge is 0.493 e. The molecule has 1 aromatic rings. The monoisotopic (exact) mass is 349 g/mol. The molecule has 140 valence electrons. The number of likely N-dealkylation sites (tertiary alicyclic amines) is 1. The van der Waals surface area contributed by atoms with E-state index in [9.17, 15) is 4.79 Å². The van der Waals surface area contributed by atoms with Crippen molar-refractivity contribution in [2.75, 3.05) is 47.4 Å². The molecule has 0 radical (unpaired) electrons. The van der Waals surface area contributed by atoms with Gasteiger partial charge < -0.3 is 19.7 Å². The number of methoxy groups -OCH3 is 2. The minimum atomic E-state index is 0.175. The lowest BCUT2D eigenvalue weighted by atomic mass is 10.1. The zero-order valence-corrected chi connectivity index (χ0v) is 15.9. The van der Waals surface area contributed by atoms with Crippen molar-refractivity contribution in [3.05, 3.63) is 23.8 Å². The zero-order chi connectivity index (χ0) is 18.2. The summed E-state index contributed by atoms with van der Waals surface area (Å²) in [4.78, 5) is 16.9. The van der Waals surface area contributed by atoms with Gasteiger partial charge in [0.25, 0.3) is 0 Å². The summed E-state index contributed by atoms with van der Waals surface area (Å²) in [5.41, 5.74) is 1.04. The van der Waals surface area contributed by atoms with E-state index in [1.54, 1.807) is 14.2 Å². The summed E-state index contributed by atoms with van der Waals surface area (Å²) in [5, 5.41) is 3.32. The first kappa shape index (κ1) is 19.5. The molecule has 1 heterocycles. The SMILES string of the molecule is CCN(Cc1ccc(OC)c(OC)c1)C(=O)CN1CCCC(NC)C1. The fourth-order valence-corrected chi connectivity index (χ4v) is 3.30. The summed E-state index contributed by atoms with van der Waals surface area (Å²) >= 11 is 0. The smallest absolute Gasteiger partial charge is 0.237 e. The van der Waals surface area contributed by atoms with Crippen LogP contribution in [0.2, 0.25) is 0 Å². The Balaban J connectivity index is 1.98. The van der Waals surface area contributed by atoms with E-state index in [1.807, 2.05) is 37.1 Å². The molecule has 6 nitrogen and oxygen atoms in total. The highest BCUT2D eigenvalue weighted by atomic mass is 16.5.